The molecule has 0 N–H and O–H groups in total. The first kappa shape index (κ1) is 19.0. The van der Waals surface area contributed by atoms with Crippen LogP contribution in [0.3, 0.4) is 0 Å². The smallest absolute Gasteiger partial charge is 0.236 e. The first-order valence-corrected chi connectivity index (χ1v) is 9.75. The second-order valence-electron chi connectivity index (χ2n) is 7.98. The van der Waals surface area contributed by atoms with Gasteiger partial charge >= 0.3 is 0 Å². The molecule has 3 atom stereocenters. The molecule has 1 aromatic rings. The van der Waals surface area contributed by atoms with E-state index in [9.17, 15) is 4.79 Å². The monoisotopic (exact) mass is 360 g/mol. The minimum Gasteiger partial charge on any atom is -0.497 e. The Labute approximate surface area is 157 Å². The molecule has 2 fully saturated rings. The third-order valence-electron chi connectivity index (χ3n) is 5.72. The number of rotatable bonds is 5. The Hall–Kier alpha value is -1.75. The third-order valence-corrected chi connectivity index (χ3v) is 5.72. The van der Waals surface area contributed by atoms with Crippen molar-refractivity contribution in [2.45, 2.75) is 39.2 Å². The second-order valence-corrected chi connectivity index (χ2v) is 7.98. The standard InChI is InChI=1S/C21H32N2O3/c1-15-10-16(2)13-23(12-15)21(24)14-22-9-5-6-19(22)18-11-17(25-3)7-8-20(18)26-4/h7-8,11,15-16,19H,5-6,9-10,12-14H2,1-4H3/t15-,16-,19-/m0/s1. The minimum atomic E-state index is 0.212. The summed E-state index contributed by atoms with van der Waals surface area (Å²) in [5, 5.41) is 0. The highest BCUT2D eigenvalue weighted by Gasteiger charge is 2.32. The van der Waals surface area contributed by atoms with Crippen LogP contribution in [0, 0.1) is 11.8 Å². The van der Waals surface area contributed by atoms with Crippen molar-refractivity contribution in [1.29, 1.82) is 0 Å². The summed E-state index contributed by atoms with van der Waals surface area (Å²) in [6.07, 6.45) is 3.37. The summed E-state index contributed by atoms with van der Waals surface area (Å²) in [6.45, 7) is 7.72. The number of likely N-dealkylation sites (tertiary alicyclic amines) is 2. The molecule has 0 aliphatic carbocycles. The lowest BCUT2D eigenvalue weighted by Gasteiger charge is -2.36. The molecule has 2 saturated heterocycles. The molecule has 0 saturated carbocycles. The fourth-order valence-corrected chi connectivity index (χ4v) is 4.61. The van der Waals surface area contributed by atoms with Crippen LogP contribution in [0.5, 0.6) is 11.5 Å². The minimum absolute atomic E-state index is 0.212. The zero-order chi connectivity index (χ0) is 18.7. The van der Waals surface area contributed by atoms with E-state index in [0.29, 0.717) is 18.4 Å². The molecule has 5 nitrogen and oxygen atoms in total. The first-order chi connectivity index (χ1) is 12.5. The van der Waals surface area contributed by atoms with Crippen molar-refractivity contribution < 1.29 is 14.3 Å². The number of amides is 1. The summed E-state index contributed by atoms with van der Waals surface area (Å²) in [5.41, 5.74) is 1.12. The average Bonchev–Trinajstić information content (AvgIpc) is 3.08. The first-order valence-electron chi connectivity index (χ1n) is 9.75. The second kappa shape index (κ2) is 8.30. The van der Waals surface area contributed by atoms with Crippen LogP contribution in [0.4, 0.5) is 0 Å². The van der Waals surface area contributed by atoms with E-state index in [1.54, 1.807) is 14.2 Å². The quantitative estimate of drug-likeness (QED) is 0.808. The van der Waals surface area contributed by atoms with Crippen LogP contribution in [-0.4, -0.2) is 56.1 Å². The van der Waals surface area contributed by atoms with E-state index in [4.69, 9.17) is 9.47 Å². The lowest BCUT2D eigenvalue weighted by atomic mass is 9.92. The molecule has 144 valence electrons. The van der Waals surface area contributed by atoms with E-state index in [0.717, 1.165) is 49.5 Å². The molecule has 26 heavy (non-hydrogen) atoms. The van der Waals surface area contributed by atoms with Crippen molar-refractivity contribution in [3.8, 4) is 11.5 Å². The average molecular weight is 360 g/mol. The van der Waals surface area contributed by atoms with E-state index >= 15 is 0 Å². The van der Waals surface area contributed by atoms with Gasteiger partial charge in [-0.2, -0.15) is 0 Å². The van der Waals surface area contributed by atoms with Gasteiger partial charge < -0.3 is 14.4 Å². The summed E-state index contributed by atoms with van der Waals surface area (Å²) in [4.78, 5) is 17.3. The number of methoxy groups -OCH3 is 2. The molecule has 0 bridgehead atoms. The maximum absolute atomic E-state index is 12.9. The van der Waals surface area contributed by atoms with Gasteiger partial charge in [-0.1, -0.05) is 13.8 Å². The largest absolute Gasteiger partial charge is 0.497 e. The topological polar surface area (TPSA) is 42.0 Å². The Bertz CT molecular complexity index is 624. The van der Waals surface area contributed by atoms with Gasteiger partial charge in [-0.05, 0) is 55.8 Å². The predicted octanol–water partition coefficient (Wildman–Crippen LogP) is 3.35. The number of ether oxygens (including phenoxy) is 2. The number of carbonyl (C=O) groups excluding carboxylic acids is 1. The number of hydrogen-bond acceptors (Lipinski definition) is 4. The van der Waals surface area contributed by atoms with E-state index < -0.39 is 0 Å². The Kier molecular flexibility index (Phi) is 6.07. The van der Waals surface area contributed by atoms with Gasteiger partial charge in [-0.25, -0.2) is 0 Å². The fourth-order valence-electron chi connectivity index (χ4n) is 4.61. The normalized spacial score (nSPS) is 26.8. The molecule has 1 amide bonds. The molecule has 0 spiro atoms. The number of hydrogen-bond donors (Lipinski definition) is 0. The van der Waals surface area contributed by atoms with Gasteiger partial charge in [0.15, 0.2) is 0 Å². The van der Waals surface area contributed by atoms with Crippen molar-refractivity contribution in [2.75, 3.05) is 40.4 Å². The van der Waals surface area contributed by atoms with Gasteiger partial charge in [-0.15, -0.1) is 0 Å². The lowest BCUT2D eigenvalue weighted by molar-refractivity contribution is -0.135. The van der Waals surface area contributed by atoms with Crippen molar-refractivity contribution in [1.82, 2.24) is 9.80 Å². The molecule has 2 heterocycles. The maximum atomic E-state index is 12.9. The third kappa shape index (κ3) is 4.14. The zero-order valence-electron chi connectivity index (χ0n) is 16.5. The highest BCUT2D eigenvalue weighted by Crippen LogP contribution is 2.38. The van der Waals surface area contributed by atoms with Crippen LogP contribution < -0.4 is 9.47 Å². The van der Waals surface area contributed by atoms with Gasteiger partial charge in [0.1, 0.15) is 11.5 Å². The molecule has 2 aliphatic rings. The van der Waals surface area contributed by atoms with Crippen molar-refractivity contribution in [3.05, 3.63) is 23.8 Å². The maximum Gasteiger partial charge on any atom is 0.236 e. The molecule has 1 aromatic carbocycles. The Morgan fingerprint density at radius 1 is 1.15 bits per heavy atom. The summed E-state index contributed by atoms with van der Waals surface area (Å²) < 4.78 is 11.0. The molecular formula is C21H32N2O3. The summed E-state index contributed by atoms with van der Waals surface area (Å²) in [6, 6.07) is 6.14. The summed E-state index contributed by atoms with van der Waals surface area (Å²) in [7, 11) is 3.38. The summed E-state index contributed by atoms with van der Waals surface area (Å²) >= 11 is 0. The van der Waals surface area contributed by atoms with Crippen LogP contribution in [0.15, 0.2) is 18.2 Å². The molecule has 0 radical (unpaired) electrons. The van der Waals surface area contributed by atoms with Gasteiger partial charge in [0.25, 0.3) is 0 Å². The van der Waals surface area contributed by atoms with Crippen LogP contribution >= 0.6 is 0 Å². The Balaban J connectivity index is 1.73. The molecule has 0 aromatic heterocycles. The van der Waals surface area contributed by atoms with Crippen molar-refractivity contribution in [3.63, 3.8) is 0 Å². The van der Waals surface area contributed by atoms with Crippen LogP contribution in [0.2, 0.25) is 0 Å². The molecule has 2 aliphatic heterocycles. The van der Waals surface area contributed by atoms with Crippen LogP contribution in [0.1, 0.15) is 44.7 Å². The van der Waals surface area contributed by atoms with E-state index in [1.807, 2.05) is 12.1 Å². The highest BCUT2D eigenvalue weighted by molar-refractivity contribution is 5.78. The van der Waals surface area contributed by atoms with Crippen molar-refractivity contribution >= 4 is 5.91 Å². The Morgan fingerprint density at radius 2 is 1.88 bits per heavy atom. The predicted molar refractivity (Wildman–Crippen MR) is 103 cm³/mol. The van der Waals surface area contributed by atoms with Crippen molar-refractivity contribution in [2.24, 2.45) is 11.8 Å². The fraction of sp³-hybridized carbons (Fsp3) is 0.667. The van der Waals surface area contributed by atoms with Gasteiger partial charge in [0.05, 0.1) is 20.8 Å². The highest BCUT2D eigenvalue weighted by atomic mass is 16.5. The number of piperidine rings is 1. The van der Waals surface area contributed by atoms with E-state index in [1.165, 1.54) is 6.42 Å². The molecule has 0 unspecified atom stereocenters. The molecular weight excluding hydrogens is 328 g/mol. The zero-order valence-corrected chi connectivity index (χ0v) is 16.5. The molecule has 5 heteroatoms. The number of benzene rings is 1. The van der Waals surface area contributed by atoms with Gasteiger partial charge in [0, 0.05) is 24.7 Å². The lowest BCUT2D eigenvalue weighted by Crippen LogP contribution is -2.46. The van der Waals surface area contributed by atoms with Crippen LogP contribution in [-0.2, 0) is 4.79 Å². The van der Waals surface area contributed by atoms with E-state index in [-0.39, 0.29) is 11.9 Å². The van der Waals surface area contributed by atoms with E-state index in [2.05, 4.69) is 29.7 Å². The van der Waals surface area contributed by atoms with Gasteiger partial charge in [0.2, 0.25) is 5.91 Å². The number of carbonyl (C=O) groups is 1. The number of nitrogens with zero attached hydrogens (tertiary/aromatic N) is 2. The molecule has 3 rings (SSSR count). The SMILES string of the molecule is COc1ccc(OC)c([C@@H]2CCCN2CC(=O)N2C[C@@H](C)C[C@H](C)C2)c1. The van der Waals surface area contributed by atoms with Gasteiger partial charge in [-0.3, -0.25) is 9.69 Å². The van der Waals surface area contributed by atoms with Crippen LogP contribution in [0.25, 0.3) is 0 Å². The Morgan fingerprint density at radius 3 is 2.54 bits per heavy atom. The summed E-state index contributed by atoms with van der Waals surface area (Å²) in [5.74, 6) is 3.15.